The first-order chi connectivity index (χ1) is 10.8. The van der Waals surface area contributed by atoms with Gasteiger partial charge in [0.05, 0.1) is 5.60 Å². The fraction of sp³-hybridized carbons (Fsp3) is 1.00. The van der Waals surface area contributed by atoms with Gasteiger partial charge in [-0.15, -0.1) is 0 Å². The van der Waals surface area contributed by atoms with Gasteiger partial charge in [-0.05, 0) is 55.8 Å². The summed E-state index contributed by atoms with van der Waals surface area (Å²) in [5, 5.41) is 0. The molecule has 0 radical (unpaired) electrons. The molecule has 1 atom stereocenters. The van der Waals surface area contributed by atoms with Gasteiger partial charge in [0.2, 0.25) is 0 Å². The third-order valence-corrected chi connectivity index (χ3v) is 3.54. The zero-order valence-electron chi connectivity index (χ0n) is 19.9. The van der Waals surface area contributed by atoms with Crippen molar-refractivity contribution in [2.75, 3.05) is 19.8 Å². The Kier molecular flexibility index (Phi) is 11.9. The molecule has 0 aromatic carbocycles. The van der Waals surface area contributed by atoms with E-state index < -0.39 is 0 Å². The summed E-state index contributed by atoms with van der Waals surface area (Å²) >= 11 is 0. The van der Waals surface area contributed by atoms with Crippen LogP contribution in [0.2, 0.25) is 0 Å². The molecule has 25 heavy (non-hydrogen) atoms. The molecule has 2 nitrogen and oxygen atoms in total. The minimum Gasteiger partial charge on any atom is -0.381 e. The first kappa shape index (κ1) is 27.1. The molecule has 0 amide bonds. The predicted molar refractivity (Wildman–Crippen MR) is 113 cm³/mol. The molecular formula is C23H50O2. The van der Waals surface area contributed by atoms with Gasteiger partial charge >= 0.3 is 0 Å². The number of hydrogen-bond acceptors (Lipinski definition) is 2. The van der Waals surface area contributed by atoms with Crippen LogP contribution in [0.25, 0.3) is 0 Å². The highest BCUT2D eigenvalue weighted by molar-refractivity contribution is 4.76. The molecule has 0 bridgehead atoms. The fourth-order valence-electron chi connectivity index (χ4n) is 1.88. The molecule has 1 aliphatic heterocycles. The average Bonchev–Trinajstić information content (AvgIpc) is 2.75. The maximum atomic E-state index is 5.61. The van der Waals surface area contributed by atoms with Crippen molar-refractivity contribution in [3.05, 3.63) is 0 Å². The van der Waals surface area contributed by atoms with E-state index in [-0.39, 0.29) is 5.60 Å². The number of ether oxygens (including phenoxy) is 2. The predicted octanol–water partition coefficient (Wildman–Crippen LogP) is 7.36. The SMILES string of the molecule is CC(C)(C)C.CC(C)(C)C1CCOC1.CC(C)(C)CCOC(C)(C)C. The second-order valence-electron chi connectivity index (χ2n) is 12.2. The van der Waals surface area contributed by atoms with E-state index in [9.17, 15) is 0 Å². The smallest absolute Gasteiger partial charge is 0.0598 e. The van der Waals surface area contributed by atoms with Crippen LogP contribution in [-0.4, -0.2) is 25.4 Å². The van der Waals surface area contributed by atoms with Crippen molar-refractivity contribution in [2.45, 2.75) is 108 Å². The first-order valence-corrected chi connectivity index (χ1v) is 10.0. The fourth-order valence-corrected chi connectivity index (χ4v) is 1.88. The Labute approximate surface area is 160 Å². The van der Waals surface area contributed by atoms with E-state index in [2.05, 4.69) is 90.0 Å². The lowest BCUT2D eigenvalue weighted by atomic mass is 9.80. The van der Waals surface area contributed by atoms with Gasteiger partial charge in [-0.25, -0.2) is 0 Å². The molecule has 1 unspecified atom stereocenters. The van der Waals surface area contributed by atoms with E-state index in [0.717, 1.165) is 32.2 Å². The summed E-state index contributed by atoms with van der Waals surface area (Å²) < 4.78 is 10.9. The molecule has 0 spiro atoms. The second-order valence-corrected chi connectivity index (χ2v) is 12.2. The van der Waals surface area contributed by atoms with E-state index in [4.69, 9.17) is 9.47 Å². The van der Waals surface area contributed by atoms with Crippen molar-refractivity contribution in [1.29, 1.82) is 0 Å². The van der Waals surface area contributed by atoms with Crippen LogP contribution in [-0.2, 0) is 9.47 Å². The topological polar surface area (TPSA) is 18.5 Å². The van der Waals surface area contributed by atoms with Crippen molar-refractivity contribution in [3.63, 3.8) is 0 Å². The standard InChI is InChI=1S/C10H22O.C8H16O.C5H12/c1-9(2,3)7-8-11-10(4,5)6;1-8(2,3)7-4-5-9-6-7;1-5(2,3)4/h7-8H2,1-6H3;7H,4-6H2,1-3H3;1-4H3. The van der Waals surface area contributed by atoms with Crippen LogP contribution < -0.4 is 0 Å². The molecule has 2 heteroatoms. The monoisotopic (exact) mass is 358 g/mol. The van der Waals surface area contributed by atoms with Crippen molar-refractivity contribution in [2.24, 2.45) is 22.2 Å². The van der Waals surface area contributed by atoms with Gasteiger partial charge in [-0.3, -0.25) is 0 Å². The van der Waals surface area contributed by atoms with E-state index in [1.807, 2.05) is 0 Å². The highest BCUT2D eigenvalue weighted by Gasteiger charge is 2.27. The summed E-state index contributed by atoms with van der Waals surface area (Å²) in [5.74, 6) is 0.789. The van der Waals surface area contributed by atoms with E-state index >= 15 is 0 Å². The van der Waals surface area contributed by atoms with Crippen LogP contribution in [0.4, 0.5) is 0 Å². The first-order valence-electron chi connectivity index (χ1n) is 10.0. The van der Waals surface area contributed by atoms with Gasteiger partial charge in [0.15, 0.2) is 0 Å². The Morgan fingerprint density at radius 1 is 0.800 bits per heavy atom. The van der Waals surface area contributed by atoms with Gasteiger partial charge in [0, 0.05) is 19.8 Å². The summed E-state index contributed by atoms with van der Waals surface area (Å²) in [6.45, 7) is 31.4. The molecule has 1 heterocycles. The third kappa shape index (κ3) is 26.3. The van der Waals surface area contributed by atoms with Crippen molar-refractivity contribution in [1.82, 2.24) is 0 Å². The van der Waals surface area contributed by atoms with Gasteiger partial charge in [-0.2, -0.15) is 0 Å². The van der Waals surface area contributed by atoms with Gasteiger partial charge < -0.3 is 9.47 Å². The lowest BCUT2D eigenvalue weighted by Crippen LogP contribution is -2.22. The molecule has 0 aliphatic carbocycles. The molecule has 0 aromatic heterocycles. The minimum absolute atomic E-state index is 0.0191. The third-order valence-electron chi connectivity index (χ3n) is 3.54. The van der Waals surface area contributed by atoms with Crippen molar-refractivity contribution in [3.8, 4) is 0 Å². The van der Waals surface area contributed by atoms with E-state index in [1.54, 1.807) is 0 Å². The molecule has 1 rings (SSSR count). The van der Waals surface area contributed by atoms with Crippen LogP contribution in [0.1, 0.15) is 103 Å². The molecule has 1 fully saturated rings. The number of hydrogen-bond donors (Lipinski definition) is 0. The second kappa shape index (κ2) is 10.9. The summed E-state index contributed by atoms with van der Waals surface area (Å²) in [6, 6.07) is 0. The van der Waals surface area contributed by atoms with Crippen molar-refractivity contribution >= 4 is 0 Å². The highest BCUT2D eigenvalue weighted by Crippen LogP contribution is 2.31. The van der Waals surface area contributed by atoms with Crippen LogP contribution in [0.15, 0.2) is 0 Å². The van der Waals surface area contributed by atoms with Crippen LogP contribution >= 0.6 is 0 Å². The summed E-state index contributed by atoms with van der Waals surface area (Å²) in [6.07, 6.45) is 2.38. The van der Waals surface area contributed by atoms with Crippen LogP contribution in [0, 0.1) is 22.2 Å². The zero-order valence-corrected chi connectivity index (χ0v) is 19.9. The van der Waals surface area contributed by atoms with Gasteiger partial charge in [0.25, 0.3) is 0 Å². The molecule has 0 N–H and O–H groups in total. The molecule has 154 valence electrons. The lowest BCUT2D eigenvalue weighted by Gasteiger charge is -2.24. The molecular weight excluding hydrogens is 308 g/mol. The van der Waals surface area contributed by atoms with Gasteiger partial charge in [0.1, 0.15) is 0 Å². The molecule has 1 saturated heterocycles. The van der Waals surface area contributed by atoms with E-state index in [1.165, 1.54) is 6.42 Å². The van der Waals surface area contributed by atoms with Crippen molar-refractivity contribution < 1.29 is 9.47 Å². The summed E-state index contributed by atoms with van der Waals surface area (Å²) in [5.41, 5.74) is 1.37. The summed E-state index contributed by atoms with van der Waals surface area (Å²) in [4.78, 5) is 0. The normalized spacial score (nSPS) is 18.8. The van der Waals surface area contributed by atoms with E-state index in [0.29, 0.717) is 16.2 Å². The maximum Gasteiger partial charge on any atom is 0.0598 e. The van der Waals surface area contributed by atoms with Crippen LogP contribution in [0.5, 0.6) is 0 Å². The Balaban J connectivity index is 0. The number of rotatable bonds is 2. The largest absolute Gasteiger partial charge is 0.381 e. The Bertz CT molecular complexity index is 292. The zero-order chi connectivity index (χ0) is 20.5. The Morgan fingerprint density at radius 3 is 1.44 bits per heavy atom. The maximum absolute atomic E-state index is 5.61. The lowest BCUT2D eigenvalue weighted by molar-refractivity contribution is -0.0139. The minimum atomic E-state index is 0.0191. The highest BCUT2D eigenvalue weighted by atomic mass is 16.5. The summed E-state index contributed by atoms with van der Waals surface area (Å²) in [7, 11) is 0. The molecule has 0 saturated carbocycles. The van der Waals surface area contributed by atoms with Gasteiger partial charge in [-0.1, -0.05) is 69.2 Å². The molecule has 1 aliphatic rings. The molecule has 0 aromatic rings. The average molecular weight is 359 g/mol. The quantitative estimate of drug-likeness (QED) is 0.513. The van der Waals surface area contributed by atoms with Crippen LogP contribution in [0.3, 0.4) is 0 Å². The Morgan fingerprint density at radius 2 is 1.24 bits per heavy atom. The Hall–Kier alpha value is -0.0800.